The first-order chi connectivity index (χ1) is 23.6. The molecule has 7 aromatic rings. The SMILES string of the molecule is CC1(C)c2cc(-c3cccc(-c4ccc(Nc5ccccc5)c(C5=CCCC=C5)c4)c3)ccc2-c2c1c1ccccc1c1ccccc21. The number of nitrogens with one attached hydrogen (secondary N) is 1. The van der Waals surface area contributed by atoms with Crippen molar-refractivity contribution in [3.05, 3.63) is 174 Å². The minimum absolute atomic E-state index is 0.125. The number of fused-ring (bicyclic) bond motifs is 8. The smallest absolute Gasteiger partial charge is 0.0464 e. The third-order valence-electron chi connectivity index (χ3n) is 10.4. The van der Waals surface area contributed by atoms with Gasteiger partial charge in [-0.15, -0.1) is 0 Å². The van der Waals surface area contributed by atoms with Gasteiger partial charge >= 0.3 is 0 Å². The summed E-state index contributed by atoms with van der Waals surface area (Å²) in [4.78, 5) is 0. The van der Waals surface area contributed by atoms with E-state index in [1.165, 1.54) is 77.2 Å². The van der Waals surface area contributed by atoms with Crippen LogP contribution in [0.15, 0.2) is 158 Å². The fourth-order valence-corrected chi connectivity index (χ4v) is 8.10. The fourth-order valence-electron chi connectivity index (χ4n) is 8.10. The molecule has 0 heterocycles. The molecule has 1 N–H and O–H groups in total. The first-order valence-electron chi connectivity index (χ1n) is 17.1. The summed E-state index contributed by atoms with van der Waals surface area (Å²) in [7, 11) is 0. The highest BCUT2D eigenvalue weighted by Gasteiger charge is 2.38. The normalized spacial score (nSPS) is 14.5. The van der Waals surface area contributed by atoms with Gasteiger partial charge in [0.25, 0.3) is 0 Å². The lowest BCUT2D eigenvalue weighted by Gasteiger charge is -2.24. The Kier molecular flexibility index (Phi) is 6.69. The van der Waals surface area contributed by atoms with Gasteiger partial charge in [-0.05, 0) is 121 Å². The van der Waals surface area contributed by atoms with Gasteiger partial charge in [-0.1, -0.05) is 135 Å². The van der Waals surface area contributed by atoms with Gasteiger partial charge in [-0.2, -0.15) is 0 Å². The largest absolute Gasteiger partial charge is 0.355 e. The van der Waals surface area contributed by atoms with Crippen LogP contribution in [0.4, 0.5) is 11.4 Å². The van der Waals surface area contributed by atoms with Gasteiger partial charge in [0.2, 0.25) is 0 Å². The quantitative estimate of drug-likeness (QED) is 0.190. The van der Waals surface area contributed by atoms with Gasteiger partial charge in [0.15, 0.2) is 0 Å². The van der Waals surface area contributed by atoms with Crippen LogP contribution in [0.25, 0.3) is 60.5 Å². The van der Waals surface area contributed by atoms with E-state index in [2.05, 4.69) is 177 Å². The molecule has 0 aliphatic heterocycles. The van der Waals surface area contributed by atoms with Gasteiger partial charge in [0.1, 0.15) is 0 Å². The molecule has 1 heteroatoms. The maximum Gasteiger partial charge on any atom is 0.0464 e. The molecule has 0 saturated carbocycles. The zero-order valence-corrected chi connectivity index (χ0v) is 27.4. The maximum atomic E-state index is 3.67. The lowest BCUT2D eigenvalue weighted by Crippen LogP contribution is -2.15. The van der Waals surface area contributed by atoms with E-state index in [0.29, 0.717) is 0 Å². The van der Waals surface area contributed by atoms with E-state index < -0.39 is 0 Å². The summed E-state index contributed by atoms with van der Waals surface area (Å²) in [5.74, 6) is 0. The Balaban J connectivity index is 1.14. The van der Waals surface area contributed by atoms with Crippen LogP contribution in [0, 0.1) is 0 Å². The molecular formula is C47H37N. The summed E-state index contributed by atoms with van der Waals surface area (Å²) >= 11 is 0. The van der Waals surface area contributed by atoms with Crippen LogP contribution in [0.3, 0.4) is 0 Å². The summed E-state index contributed by atoms with van der Waals surface area (Å²) < 4.78 is 0. The van der Waals surface area contributed by atoms with E-state index in [4.69, 9.17) is 0 Å². The highest BCUT2D eigenvalue weighted by Crippen LogP contribution is 2.55. The summed E-state index contributed by atoms with van der Waals surface area (Å²) in [6.07, 6.45) is 9.09. The molecule has 48 heavy (non-hydrogen) atoms. The van der Waals surface area contributed by atoms with Crippen molar-refractivity contribution in [1.29, 1.82) is 0 Å². The topological polar surface area (TPSA) is 12.0 Å². The minimum Gasteiger partial charge on any atom is -0.355 e. The van der Waals surface area contributed by atoms with E-state index in [0.717, 1.165) is 24.2 Å². The van der Waals surface area contributed by atoms with E-state index in [-0.39, 0.29) is 5.41 Å². The Bertz CT molecular complexity index is 2440. The molecule has 0 saturated heterocycles. The van der Waals surface area contributed by atoms with Crippen molar-refractivity contribution in [2.45, 2.75) is 32.1 Å². The molecule has 0 amide bonds. The standard InChI is InChI=1S/C47H37N/c1-47(2)43-30-35(24-26-41(43)45-39-22-11-9-20-37(39)38-21-10-12-23-40(38)46(45)47)33-17-13-16-32(28-33)34-25-27-44(48-36-18-7-4-8-19-36)42(29-34)31-14-5-3-6-15-31/h4-5,7-30,48H,3,6H2,1-2H3. The zero-order valence-electron chi connectivity index (χ0n) is 27.4. The molecule has 7 aromatic carbocycles. The Hall–Kier alpha value is -5.66. The summed E-state index contributed by atoms with van der Waals surface area (Å²) in [5.41, 5.74) is 15.1. The summed E-state index contributed by atoms with van der Waals surface area (Å²) in [6.45, 7) is 4.81. The number of rotatable bonds is 5. The first kappa shape index (κ1) is 28.6. The van der Waals surface area contributed by atoms with Crippen molar-refractivity contribution in [1.82, 2.24) is 0 Å². The van der Waals surface area contributed by atoms with E-state index in [9.17, 15) is 0 Å². The molecule has 0 fully saturated rings. The van der Waals surface area contributed by atoms with Crippen LogP contribution in [0.5, 0.6) is 0 Å². The van der Waals surface area contributed by atoms with Gasteiger partial charge < -0.3 is 5.32 Å². The Morgan fingerprint density at radius 2 is 1.17 bits per heavy atom. The van der Waals surface area contributed by atoms with E-state index >= 15 is 0 Å². The lowest BCUT2D eigenvalue weighted by molar-refractivity contribution is 0.667. The van der Waals surface area contributed by atoms with Crippen molar-refractivity contribution in [3.8, 4) is 33.4 Å². The predicted molar refractivity (Wildman–Crippen MR) is 206 cm³/mol. The second kappa shape index (κ2) is 11.2. The van der Waals surface area contributed by atoms with Crippen LogP contribution in [-0.2, 0) is 5.41 Å². The van der Waals surface area contributed by atoms with Crippen LogP contribution in [-0.4, -0.2) is 0 Å². The average molecular weight is 616 g/mol. The number of allylic oxidation sites excluding steroid dienone is 4. The van der Waals surface area contributed by atoms with Gasteiger partial charge in [0.05, 0.1) is 0 Å². The van der Waals surface area contributed by atoms with E-state index in [1.807, 2.05) is 0 Å². The second-order valence-corrected chi connectivity index (χ2v) is 13.7. The highest BCUT2D eigenvalue weighted by atomic mass is 14.9. The van der Waals surface area contributed by atoms with Crippen molar-refractivity contribution in [2.24, 2.45) is 0 Å². The van der Waals surface area contributed by atoms with Crippen LogP contribution in [0.2, 0.25) is 0 Å². The highest BCUT2D eigenvalue weighted by molar-refractivity contribution is 6.18. The van der Waals surface area contributed by atoms with Crippen molar-refractivity contribution < 1.29 is 0 Å². The molecule has 0 atom stereocenters. The molecule has 2 aliphatic carbocycles. The molecular weight excluding hydrogens is 579 g/mol. The maximum absolute atomic E-state index is 3.67. The second-order valence-electron chi connectivity index (χ2n) is 13.7. The molecule has 230 valence electrons. The lowest BCUT2D eigenvalue weighted by atomic mass is 9.78. The van der Waals surface area contributed by atoms with Crippen molar-refractivity contribution >= 4 is 38.5 Å². The summed E-state index contributed by atoms with van der Waals surface area (Å²) in [6, 6.07) is 51.3. The monoisotopic (exact) mass is 615 g/mol. The number of hydrogen-bond acceptors (Lipinski definition) is 1. The third kappa shape index (κ3) is 4.61. The van der Waals surface area contributed by atoms with Crippen LogP contribution < -0.4 is 5.32 Å². The fraction of sp³-hybridized carbons (Fsp3) is 0.106. The van der Waals surface area contributed by atoms with E-state index in [1.54, 1.807) is 0 Å². The van der Waals surface area contributed by atoms with Crippen molar-refractivity contribution in [3.63, 3.8) is 0 Å². The van der Waals surface area contributed by atoms with Crippen LogP contribution >= 0.6 is 0 Å². The molecule has 0 spiro atoms. The molecule has 0 aromatic heterocycles. The van der Waals surface area contributed by atoms with Gasteiger partial charge in [-0.3, -0.25) is 0 Å². The number of hydrogen-bond donors (Lipinski definition) is 1. The van der Waals surface area contributed by atoms with Gasteiger partial charge in [0, 0.05) is 22.4 Å². The number of anilines is 2. The number of para-hydroxylation sites is 1. The third-order valence-corrected chi connectivity index (χ3v) is 10.4. The summed E-state index contributed by atoms with van der Waals surface area (Å²) in [5, 5.41) is 9.04. The molecule has 0 bridgehead atoms. The molecule has 0 radical (unpaired) electrons. The first-order valence-corrected chi connectivity index (χ1v) is 17.1. The predicted octanol–water partition coefficient (Wildman–Crippen LogP) is 13.1. The molecule has 1 nitrogen and oxygen atoms in total. The minimum atomic E-state index is -0.125. The van der Waals surface area contributed by atoms with Crippen LogP contribution in [0.1, 0.15) is 43.4 Å². The molecule has 9 rings (SSSR count). The Labute approximate surface area is 282 Å². The average Bonchev–Trinajstić information content (AvgIpc) is 3.39. The molecule has 0 unspecified atom stereocenters. The zero-order chi connectivity index (χ0) is 32.2. The van der Waals surface area contributed by atoms with Gasteiger partial charge in [-0.25, -0.2) is 0 Å². The Morgan fingerprint density at radius 3 is 1.92 bits per heavy atom. The number of benzene rings is 7. The van der Waals surface area contributed by atoms with Crippen molar-refractivity contribution in [2.75, 3.05) is 5.32 Å². The molecule has 2 aliphatic rings. The Morgan fingerprint density at radius 1 is 0.521 bits per heavy atom.